The summed E-state index contributed by atoms with van der Waals surface area (Å²) in [6, 6.07) is 18.1. The molecule has 4 rings (SSSR count). The molecule has 33 heavy (non-hydrogen) atoms. The van der Waals surface area contributed by atoms with Crippen molar-refractivity contribution in [3.63, 3.8) is 0 Å². The summed E-state index contributed by atoms with van der Waals surface area (Å²) >= 11 is 0. The Morgan fingerprint density at radius 2 is 1.82 bits per heavy atom. The Bertz CT molecular complexity index is 1300. The molecule has 1 amide bonds. The van der Waals surface area contributed by atoms with Crippen LogP contribution in [0.4, 0.5) is 10.2 Å². The molecule has 1 N–H and O–H groups in total. The number of pyridine rings is 1. The number of rotatable bonds is 7. The lowest BCUT2D eigenvalue weighted by atomic mass is 10.0. The van der Waals surface area contributed by atoms with E-state index in [-0.39, 0.29) is 29.6 Å². The van der Waals surface area contributed by atoms with Crippen LogP contribution in [0.25, 0.3) is 11.5 Å². The Hall–Kier alpha value is -4.20. The van der Waals surface area contributed by atoms with E-state index < -0.39 is 11.7 Å². The van der Waals surface area contributed by atoms with Gasteiger partial charge in [-0.1, -0.05) is 42.5 Å². The second kappa shape index (κ2) is 9.52. The average Bonchev–Trinajstić information content (AvgIpc) is 3.31. The van der Waals surface area contributed by atoms with Crippen molar-refractivity contribution in [3.05, 3.63) is 95.6 Å². The second-order valence-corrected chi connectivity index (χ2v) is 7.80. The molecule has 0 aliphatic rings. The monoisotopic (exact) mass is 443 g/mol. The summed E-state index contributed by atoms with van der Waals surface area (Å²) in [4.78, 5) is 29.7. The molecule has 2 aromatic carbocycles. The van der Waals surface area contributed by atoms with Crippen molar-refractivity contribution in [3.8, 4) is 11.5 Å². The van der Waals surface area contributed by atoms with E-state index in [0.717, 1.165) is 0 Å². The first-order valence-corrected chi connectivity index (χ1v) is 10.5. The van der Waals surface area contributed by atoms with Gasteiger partial charge in [0.15, 0.2) is 11.6 Å². The van der Waals surface area contributed by atoms with Crippen LogP contribution in [0.2, 0.25) is 0 Å². The summed E-state index contributed by atoms with van der Waals surface area (Å²) in [5.74, 6) is -0.637. The number of hydrogen-bond acceptors (Lipinski definition) is 5. The maximum Gasteiger partial charge on any atom is 0.259 e. The zero-order valence-electron chi connectivity index (χ0n) is 18.2. The number of ketones is 1. The molecule has 0 aliphatic carbocycles. The van der Waals surface area contributed by atoms with Gasteiger partial charge in [-0.25, -0.2) is 9.37 Å². The first-order valence-electron chi connectivity index (χ1n) is 10.5. The number of nitrogens with one attached hydrogen (secondary N) is 1. The van der Waals surface area contributed by atoms with Crippen LogP contribution in [-0.4, -0.2) is 31.4 Å². The van der Waals surface area contributed by atoms with Crippen LogP contribution in [0, 0.1) is 5.82 Å². The molecular weight excluding hydrogens is 421 g/mol. The summed E-state index contributed by atoms with van der Waals surface area (Å²) < 4.78 is 16.3. The standard InChI is InChI=1S/C25H22FN5O2/c1-16(2)31-15-27-30-24(31)21-9-6-10-23(28-21)29-25(33)19-13-17(11-12-20(19)26)14-22(32)18-7-4-3-5-8-18/h3-13,15-16H,14H2,1-2H3,(H,28,29,33). The highest BCUT2D eigenvalue weighted by Crippen LogP contribution is 2.21. The van der Waals surface area contributed by atoms with E-state index in [9.17, 15) is 14.0 Å². The van der Waals surface area contributed by atoms with Gasteiger partial charge in [0.1, 0.15) is 23.7 Å². The van der Waals surface area contributed by atoms with Crippen molar-refractivity contribution in [1.29, 1.82) is 0 Å². The maximum absolute atomic E-state index is 14.4. The number of carbonyl (C=O) groups excluding carboxylic acids is 2. The fraction of sp³-hybridized carbons (Fsp3) is 0.160. The first-order chi connectivity index (χ1) is 15.9. The number of amides is 1. The summed E-state index contributed by atoms with van der Waals surface area (Å²) in [6.07, 6.45) is 1.67. The fourth-order valence-corrected chi connectivity index (χ4v) is 3.38. The molecule has 0 aliphatic heterocycles. The zero-order valence-corrected chi connectivity index (χ0v) is 18.2. The van der Waals surface area contributed by atoms with Crippen molar-refractivity contribution in [2.75, 3.05) is 5.32 Å². The third-order valence-electron chi connectivity index (χ3n) is 5.09. The van der Waals surface area contributed by atoms with Crippen LogP contribution in [-0.2, 0) is 6.42 Å². The smallest absolute Gasteiger partial charge is 0.259 e. The molecule has 2 aromatic heterocycles. The molecule has 0 bridgehead atoms. The molecule has 0 saturated carbocycles. The van der Waals surface area contributed by atoms with Crippen LogP contribution in [0.3, 0.4) is 0 Å². The van der Waals surface area contributed by atoms with Crippen molar-refractivity contribution < 1.29 is 14.0 Å². The Labute approximate surface area is 190 Å². The highest BCUT2D eigenvalue weighted by Gasteiger charge is 2.17. The third-order valence-corrected chi connectivity index (χ3v) is 5.09. The molecule has 0 atom stereocenters. The predicted octanol–water partition coefficient (Wildman–Crippen LogP) is 4.74. The summed E-state index contributed by atoms with van der Waals surface area (Å²) in [7, 11) is 0. The van der Waals surface area contributed by atoms with E-state index >= 15 is 0 Å². The van der Waals surface area contributed by atoms with Crippen molar-refractivity contribution in [2.24, 2.45) is 0 Å². The van der Waals surface area contributed by atoms with Gasteiger partial charge in [0.2, 0.25) is 0 Å². The molecule has 4 aromatic rings. The Morgan fingerprint density at radius 3 is 2.58 bits per heavy atom. The van der Waals surface area contributed by atoms with Gasteiger partial charge >= 0.3 is 0 Å². The number of aromatic nitrogens is 4. The van der Waals surface area contributed by atoms with E-state index in [4.69, 9.17) is 0 Å². The lowest BCUT2D eigenvalue weighted by Gasteiger charge is -2.11. The van der Waals surface area contributed by atoms with Gasteiger partial charge in [-0.05, 0) is 43.7 Å². The Kier molecular flexibility index (Phi) is 6.35. The Balaban J connectivity index is 1.54. The number of carbonyl (C=O) groups is 2. The molecule has 8 heteroatoms. The van der Waals surface area contributed by atoms with Crippen LogP contribution in [0.15, 0.2) is 73.1 Å². The van der Waals surface area contributed by atoms with Crippen molar-refractivity contribution >= 4 is 17.5 Å². The number of benzene rings is 2. The molecule has 0 fully saturated rings. The van der Waals surface area contributed by atoms with Gasteiger partial charge in [-0.15, -0.1) is 10.2 Å². The lowest BCUT2D eigenvalue weighted by Crippen LogP contribution is -2.16. The topological polar surface area (TPSA) is 89.8 Å². The number of Topliss-reactive ketones (excluding diaryl/α,β-unsaturated/α-hetero) is 1. The number of nitrogens with zero attached hydrogens (tertiary/aromatic N) is 4. The van der Waals surface area contributed by atoms with Gasteiger partial charge in [-0.3, -0.25) is 9.59 Å². The van der Waals surface area contributed by atoms with E-state index in [0.29, 0.717) is 22.6 Å². The van der Waals surface area contributed by atoms with E-state index in [1.54, 1.807) is 48.8 Å². The van der Waals surface area contributed by atoms with Crippen LogP contribution < -0.4 is 5.32 Å². The predicted molar refractivity (Wildman–Crippen MR) is 122 cm³/mol. The molecule has 0 radical (unpaired) electrons. The van der Waals surface area contributed by atoms with Crippen LogP contribution >= 0.6 is 0 Å². The minimum absolute atomic E-state index is 0.0587. The van der Waals surface area contributed by atoms with Gasteiger partial charge in [0.05, 0.1) is 5.56 Å². The van der Waals surface area contributed by atoms with Gasteiger partial charge in [0.25, 0.3) is 5.91 Å². The minimum Gasteiger partial charge on any atom is -0.310 e. The molecular formula is C25H22FN5O2. The molecule has 0 saturated heterocycles. The number of hydrogen-bond donors (Lipinski definition) is 1. The van der Waals surface area contributed by atoms with E-state index in [1.165, 1.54) is 18.2 Å². The number of anilines is 1. The summed E-state index contributed by atoms with van der Waals surface area (Å²) in [6.45, 7) is 3.99. The van der Waals surface area contributed by atoms with Gasteiger partial charge in [-0.2, -0.15) is 0 Å². The highest BCUT2D eigenvalue weighted by atomic mass is 19.1. The molecule has 7 nitrogen and oxygen atoms in total. The summed E-state index contributed by atoms with van der Waals surface area (Å²) in [5.41, 5.74) is 1.47. The van der Waals surface area contributed by atoms with Gasteiger partial charge < -0.3 is 9.88 Å². The third kappa shape index (κ3) is 5.01. The Morgan fingerprint density at radius 1 is 1.03 bits per heavy atom. The van der Waals surface area contributed by atoms with Crippen molar-refractivity contribution in [1.82, 2.24) is 19.7 Å². The van der Waals surface area contributed by atoms with Crippen LogP contribution in [0.1, 0.15) is 46.2 Å². The van der Waals surface area contributed by atoms with Gasteiger partial charge in [0, 0.05) is 18.0 Å². The quantitative estimate of drug-likeness (QED) is 0.417. The van der Waals surface area contributed by atoms with E-state index in [1.807, 2.05) is 24.5 Å². The fourth-order valence-electron chi connectivity index (χ4n) is 3.38. The molecule has 0 unspecified atom stereocenters. The summed E-state index contributed by atoms with van der Waals surface area (Å²) in [5, 5.41) is 10.7. The SMILES string of the molecule is CC(C)n1cnnc1-c1cccc(NC(=O)c2cc(CC(=O)c3ccccc3)ccc2F)n1. The normalized spacial score (nSPS) is 10.9. The van der Waals surface area contributed by atoms with Crippen molar-refractivity contribution in [2.45, 2.75) is 26.3 Å². The van der Waals surface area contributed by atoms with E-state index in [2.05, 4.69) is 20.5 Å². The zero-order chi connectivity index (χ0) is 23.4. The highest BCUT2D eigenvalue weighted by molar-refractivity contribution is 6.04. The van der Waals surface area contributed by atoms with Crippen LogP contribution in [0.5, 0.6) is 0 Å². The molecule has 2 heterocycles. The average molecular weight is 443 g/mol. The molecule has 0 spiro atoms. The number of halogens is 1. The molecule has 166 valence electrons. The largest absolute Gasteiger partial charge is 0.310 e. The minimum atomic E-state index is -0.681. The second-order valence-electron chi connectivity index (χ2n) is 7.80. The lowest BCUT2D eigenvalue weighted by molar-refractivity contribution is 0.0988. The first kappa shape index (κ1) is 22.0. The maximum atomic E-state index is 14.4.